The molecule has 2 fully saturated rings. The second kappa shape index (κ2) is 5.40. The highest BCUT2D eigenvalue weighted by molar-refractivity contribution is 5.24. The van der Waals surface area contributed by atoms with Gasteiger partial charge in [-0.25, -0.2) is 0 Å². The van der Waals surface area contributed by atoms with Crippen LogP contribution in [0, 0.1) is 0 Å². The minimum atomic E-state index is 0.116. The van der Waals surface area contributed by atoms with Gasteiger partial charge >= 0.3 is 0 Å². The van der Waals surface area contributed by atoms with E-state index in [1.165, 1.54) is 36.9 Å². The molecule has 118 valence electrons. The van der Waals surface area contributed by atoms with Gasteiger partial charge in [0, 0.05) is 48.9 Å². The fraction of sp³-hybridized carbons (Fsp3) is 0.824. The summed E-state index contributed by atoms with van der Waals surface area (Å²) in [7, 11) is 4.32. The molecule has 0 aromatic carbocycles. The van der Waals surface area contributed by atoms with E-state index in [0.717, 1.165) is 24.7 Å². The lowest BCUT2D eigenvalue weighted by atomic mass is 9.89. The fourth-order valence-corrected chi connectivity index (χ4v) is 4.07. The van der Waals surface area contributed by atoms with Crippen molar-refractivity contribution in [3.8, 4) is 0 Å². The second-order valence-corrected chi connectivity index (χ2v) is 8.10. The predicted molar refractivity (Wildman–Crippen MR) is 86.3 cm³/mol. The lowest BCUT2D eigenvalue weighted by Gasteiger charge is -2.35. The number of hydrogen-bond donors (Lipinski definition) is 1. The Bertz CT molecular complexity index is 487. The van der Waals surface area contributed by atoms with Gasteiger partial charge in [-0.05, 0) is 32.7 Å². The third-order valence-electron chi connectivity index (χ3n) is 5.11. The van der Waals surface area contributed by atoms with Crippen molar-refractivity contribution in [3.63, 3.8) is 0 Å². The molecular weight excluding hydrogens is 260 g/mol. The Morgan fingerprint density at radius 1 is 1.29 bits per heavy atom. The largest absolute Gasteiger partial charge is 0.311 e. The van der Waals surface area contributed by atoms with E-state index in [2.05, 4.69) is 44.2 Å². The average molecular weight is 290 g/mol. The quantitative estimate of drug-likeness (QED) is 0.928. The van der Waals surface area contributed by atoms with Gasteiger partial charge in [-0.2, -0.15) is 5.10 Å². The molecule has 4 heteroatoms. The molecule has 3 rings (SSSR count). The number of nitrogens with one attached hydrogen (secondary N) is 1. The summed E-state index contributed by atoms with van der Waals surface area (Å²) in [4.78, 5) is 2.55. The molecular formula is C17H30N4. The summed E-state index contributed by atoms with van der Waals surface area (Å²) in [5.41, 5.74) is 2.75. The van der Waals surface area contributed by atoms with Crippen LogP contribution in [-0.2, 0) is 19.0 Å². The smallest absolute Gasteiger partial charge is 0.0722 e. The minimum absolute atomic E-state index is 0.116. The van der Waals surface area contributed by atoms with E-state index in [9.17, 15) is 0 Å². The lowest BCUT2D eigenvalue weighted by Crippen LogP contribution is -2.46. The number of aryl methyl sites for hydroxylation is 1. The van der Waals surface area contributed by atoms with Crippen LogP contribution in [0.3, 0.4) is 0 Å². The molecule has 4 nitrogen and oxygen atoms in total. The van der Waals surface area contributed by atoms with Gasteiger partial charge in [-0.15, -0.1) is 0 Å². The number of rotatable bonds is 3. The van der Waals surface area contributed by atoms with Crippen LogP contribution >= 0.6 is 0 Å². The van der Waals surface area contributed by atoms with Crippen molar-refractivity contribution in [2.45, 2.75) is 76.5 Å². The van der Waals surface area contributed by atoms with Gasteiger partial charge in [0.15, 0.2) is 0 Å². The highest BCUT2D eigenvalue weighted by Crippen LogP contribution is 2.31. The number of fused-ring (bicyclic) bond motifs is 2. The van der Waals surface area contributed by atoms with E-state index >= 15 is 0 Å². The van der Waals surface area contributed by atoms with Crippen molar-refractivity contribution in [3.05, 3.63) is 17.5 Å². The molecule has 2 atom stereocenters. The standard InChI is InChI=1S/C17H30N4/c1-17(2,3)16-12(11-21(5)19-16)10-20(4)15-8-13-6-7-14(9-15)18-13/h11,13-15,18H,6-10H2,1-5H3. The summed E-state index contributed by atoms with van der Waals surface area (Å²) in [6.45, 7) is 7.78. The van der Waals surface area contributed by atoms with E-state index in [1.807, 2.05) is 11.7 Å². The number of hydrogen-bond acceptors (Lipinski definition) is 3. The Kier molecular flexibility index (Phi) is 3.87. The molecule has 21 heavy (non-hydrogen) atoms. The molecule has 1 aromatic heterocycles. The highest BCUT2D eigenvalue weighted by Gasteiger charge is 2.35. The van der Waals surface area contributed by atoms with Gasteiger partial charge in [0.1, 0.15) is 0 Å². The van der Waals surface area contributed by atoms with Gasteiger partial charge in [-0.1, -0.05) is 20.8 Å². The Balaban J connectivity index is 1.71. The van der Waals surface area contributed by atoms with Crippen LogP contribution in [0.15, 0.2) is 6.20 Å². The monoisotopic (exact) mass is 290 g/mol. The summed E-state index contributed by atoms with van der Waals surface area (Å²) in [6.07, 6.45) is 7.55. The zero-order valence-electron chi connectivity index (χ0n) is 14.2. The summed E-state index contributed by atoms with van der Waals surface area (Å²) in [5.74, 6) is 0. The molecule has 2 aliphatic rings. The van der Waals surface area contributed by atoms with E-state index in [1.54, 1.807) is 0 Å². The maximum absolute atomic E-state index is 4.70. The van der Waals surface area contributed by atoms with Crippen molar-refractivity contribution >= 4 is 0 Å². The average Bonchev–Trinajstić information content (AvgIpc) is 2.91. The van der Waals surface area contributed by atoms with Crippen LogP contribution in [0.4, 0.5) is 0 Å². The number of piperidine rings is 1. The molecule has 0 saturated carbocycles. The van der Waals surface area contributed by atoms with Crippen molar-refractivity contribution in [1.82, 2.24) is 20.0 Å². The first-order valence-corrected chi connectivity index (χ1v) is 8.32. The van der Waals surface area contributed by atoms with Crippen LogP contribution < -0.4 is 5.32 Å². The lowest BCUT2D eigenvalue weighted by molar-refractivity contribution is 0.165. The summed E-state index contributed by atoms with van der Waals surface area (Å²) in [5, 5.41) is 8.44. The van der Waals surface area contributed by atoms with Gasteiger partial charge in [0.05, 0.1) is 5.69 Å². The van der Waals surface area contributed by atoms with Crippen LogP contribution in [0.5, 0.6) is 0 Å². The number of aromatic nitrogens is 2. The first-order valence-electron chi connectivity index (χ1n) is 8.32. The van der Waals surface area contributed by atoms with Crippen molar-refractivity contribution in [2.75, 3.05) is 7.05 Å². The third kappa shape index (κ3) is 3.16. The van der Waals surface area contributed by atoms with Crippen LogP contribution in [0.25, 0.3) is 0 Å². The topological polar surface area (TPSA) is 33.1 Å². The third-order valence-corrected chi connectivity index (χ3v) is 5.11. The van der Waals surface area contributed by atoms with Crippen LogP contribution in [0.2, 0.25) is 0 Å². The molecule has 3 heterocycles. The fourth-order valence-electron chi connectivity index (χ4n) is 4.07. The summed E-state index contributed by atoms with van der Waals surface area (Å²) >= 11 is 0. The first-order chi connectivity index (χ1) is 9.83. The van der Waals surface area contributed by atoms with Gasteiger partial charge in [-0.3, -0.25) is 9.58 Å². The Morgan fingerprint density at radius 3 is 2.48 bits per heavy atom. The maximum Gasteiger partial charge on any atom is 0.0722 e. The van der Waals surface area contributed by atoms with Crippen molar-refractivity contribution in [1.29, 1.82) is 0 Å². The van der Waals surface area contributed by atoms with Gasteiger partial charge < -0.3 is 5.32 Å². The molecule has 2 unspecified atom stereocenters. The highest BCUT2D eigenvalue weighted by atomic mass is 15.3. The first kappa shape index (κ1) is 15.0. The summed E-state index contributed by atoms with van der Waals surface area (Å²) in [6, 6.07) is 2.23. The normalized spacial score (nSPS) is 29.3. The minimum Gasteiger partial charge on any atom is -0.311 e. The van der Waals surface area contributed by atoms with Crippen molar-refractivity contribution in [2.24, 2.45) is 7.05 Å². The van der Waals surface area contributed by atoms with E-state index in [-0.39, 0.29) is 5.41 Å². The zero-order valence-corrected chi connectivity index (χ0v) is 14.2. The molecule has 2 aliphatic heterocycles. The van der Waals surface area contributed by atoms with Crippen LogP contribution in [0.1, 0.15) is 57.7 Å². The Labute approximate surface area is 128 Å². The zero-order chi connectivity index (χ0) is 15.2. The van der Waals surface area contributed by atoms with Gasteiger partial charge in [0.25, 0.3) is 0 Å². The Morgan fingerprint density at radius 2 is 1.90 bits per heavy atom. The Hall–Kier alpha value is -0.870. The molecule has 0 aliphatic carbocycles. The molecule has 2 bridgehead atoms. The second-order valence-electron chi connectivity index (χ2n) is 8.10. The van der Waals surface area contributed by atoms with E-state index in [0.29, 0.717) is 0 Å². The maximum atomic E-state index is 4.70. The number of nitrogens with zero attached hydrogens (tertiary/aromatic N) is 3. The molecule has 2 saturated heterocycles. The van der Waals surface area contributed by atoms with Gasteiger partial charge in [0.2, 0.25) is 0 Å². The molecule has 1 aromatic rings. The van der Waals surface area contributed by atoms with E-state index in [4.69, 9.17) is 5.10 Å². The molecule has 0 radical (unpaired) electrons. The van der Waals surface area contributed by atoms with Crippen LogP contribution in [-0.4, -0.2) is 39.9 Å². The summed E-state index contributed by atoms with van der Waals surface area (Å²) < 4.78 is 1.97. The SMILES string of the molecule is CN(Cc1cn(C)nc1C(C)(C)C)C1CC2CCC(C1)N2. The van der Waals surface area contributed by atoms with Crippen molar-refractivity contribution < 1.29 is 0 Å². The molecule has 0 spiro atoms. The van der Waals surface area contributed by atoms with E-state index < -0.39 is 0 Å². The predicted octanol–water partition coefficient (Wildman–Crippen LogP) is 2.43. The molecule has 0 amide bonds. The molecule has 1 N–H and O–H groups in total.